The van der Waals surface area contributed by atoms with Crippen molar-refractivity contribution in [3.8, 4) is 5.75 Å². The maximum atomic E-state index is 12.7. The molecule has 2 N–H and O–H groups in total. The summed E-state index contributed by atoms with van der Waals surface area (Å²) < 4.78 is 11.2. The second-order valence-electron chi connectivity index (χ2n) is 8.72. The van der Waals surface area contributed by atoms with E-state index in [2.05, 4.69) is 22.4 Å². The predicted octanol–water partition coefficient (Wildman–Crippen LogP) is 4.34. The standard InChI is InChI=1S/C26H24N2O4/c29-24(27-22-10-4-7-19-17-5-1-2-9-21(17)28-25(19)22)14-31-15-11-12-18-16-6-3-8-20(16)26(30)32-23(18)13-15/h1-2,5,9,11-13,22,28H,3-4,6-8,10,14H2,(H,27,29)/t22-/m1/s1. The lowest BCUT2D eigenvalue weighted by Gasteiger charge is -2.24. The van der Waals surface area contributed by atoms with E-state index in [0.29, 0.717) is 11.3 Å². The third-order valence-electron chi connectivity index (χ3n) is 6.76. The van der Waals surface area contributed by atoms with Gasteiger partial charge in [0.1, 0.15) is 11.3 Å². The average Bonchev–Trinajstić information content (AvgIpc) is 3.44. The van der Waals surface area contributed by atoms with Gasteiger partial charge in [-0.1, -0.05) is 18.2 Å². The summed E-state index contributed by atoms with van der Waals surface area (Å²) in [5, 5.41) is 5.32. The van der Waals surface area contributed by atoms with Crippen LogP contribution in [0.25, 0.3) is 21.9 Å². The molecule has 162 valence electrons. The molecule has 0 fully saturated rings. The van der Waals surface area contributed by atoms with Crippen LogP contribution in [0.5, 0.6) is 5.75 Å². The Morgan fingerprint density at radius 1 is 1.03 bits per heavy atom. The van der Waals surface area contributed by atoms with Gasteiger partial charge in [-0.2, -0.15) is 0 Å². The van der Waals surface area contributed by atoms with Crippen molar-refractivity contribution in [3.63, 3.8) is 0 Å². The molecule has 0 unspecified atom stereocenters. The van der Waals surface area contributed by atoms with Gasteiger partial charge in [0.25, 0.3) is 5.91 Å². The largest absolute Gasteiger partial charge is 0.484 e. The van der Waals surface area contributed by atoms with Gasteiger partial charge in [0, 0.05) is 33.6 Å². The first-order valence-electron chi connectivity index (χ1n) is 11.3. The zero-order valence-corrected chi connectivity index (χ0v) is 17.7. The number of nitrogens with one attached hydrogen (secondary N) is 2. The van der Waals surface area contributed by atoms with Crippen LogP contribution in [0.3, 0.4) is 0 Å². The van der Waals surface area contributed by atoms with Gasteiger partial charge in [-0.15, -0.1) is 0 Å². The minimum Gasteiger partial charge on any atom is -0.484 e. The van der Waals surface area contributed by atoms with Gasteiger partial charge in [-0.25, -0.2) is 4.79 Å². The molecule has 0 saturated carbocycles. The van der Waals surface area contributed by atoms with Crippen molar-refractivity contribution in [2.75, 3.05) is 6.61 Å². The second kappa shape index (κ2) is 7.55. The van der Waals surface area contributed by atoms with E-state index in [-0.39, 0.29) is 24.2 Å². The topological polar surface area (TPSA) is 84.3 Å². The van der Waals surface area contributed by atoms with E-state index >= 15 is 0 Å². The number of carbonyl (C=O) groups excluding carboxylic acids is 1. The van der Waals surface area contributed by atoms with Gasteiger partial charge in [0.05, 0.1) is 6.04 Å². The van der Waals surface area contributed by atoms with Crippen LogP contribution in [0.1, 0.15) is 47.7 Å². The molecule has 2 aliphatic carbocycles. The molecule has 4 aromatic rings. The monoisotopic (exact) mass is 428 g/mol. The second-order valence-corrected chi connectivity index (χ2v) is 8.72. The molecule has 0 aliphatic heterocycles. The van der Waals surface area contributed by atoms with Crippen LogP contribution in [0, 0.1) is 0 Å². The number of carbonyl (C=O) groups is 1. The highest BCUT2D eigenvalue weighted by molar-refractivity contribution is 5.86. The molecule has 2 heterocycles. The Kier molecular flexibility index (Phi) is 4.52. The fraction of sp³-hybridized carbons (Fsp3) is 0.308. The molecule has 6 heteroatoms. The first-order valence-corrected chi connectivity index (χ1v) is 11.3. The third kappa shape index (κ3) is 3.18. The van der Waals surface area contributed by atoms with Gasteiger partial charge in [0.2, 0.25) is 0 Å². The molecule has 0 bridgehead atoms. The summed E-state index contributed by atoms with van der Waals surface area (Å²) in [6.45, 7) is -0.0905. The van der Waals surface area contributed by atoms with E-state index in [4.69, 9.17) is 9.15 Å². The number of H-pyrrole nitrogens is 1. The number of aromatic nitrogens is 1. The fourth-order valence-corrected chi connectivity index (χ4v) is 5.30. The normalized spacial score (nSPS) is 17.3. The minimum atomic E-state index is -0.258. The number of fused-ring (bicyclic) bond motifs is 6. The lowest BCUT2D eigenvalue weighted by molar-refractivity contribution is -0.124. The molecule has 0 radical (unpaired) electrons. The lowest BCUT2D eigenvalue weighted by atomic mass is 9.91. The van der Waals surface area contributed by atoms with Crippen molar-refractivity contribution in [1.82, 2.24) is 10.3 Å². The van der Waals surface area contributed by atoms with Gasteiger partial charge >= 0.3 is 5.63 Å². The highest BCUT2D eigenvalue weighted by Crippen LogP contribution is 2.34. The van der Waals surface area contributed by atoms with Gasteiger partial charge < -0.3 is 19.5 Å². The van der Waals surface area contributed by atoms with Crippen LogP contribution < -0.4 is 15.7 Å². The number of hydrogen-bond acceptors (Lipinski definition) is 4. The van der Waals surface area contributed by atoms with Crippen LogP contribution in [0.2, 0.25) is 0 Å². The summed E-state index contributed by atoms with van der Waals surface area (Å²) >= 11 is 0. The third-order valence-corrected chi connectivity index (χ3v) is 6.76. The Bertz CT molecular complexity index is 1410. The van der Waals surface area contributed by atoms with Crippen LogP contribution in [0.15, 0.2) is 51.7 Å². The number of hydrogen-bond donors (Lipinski definition) is 2. The zero-order valence-electron chi connectivity index (χ0n) is 17.7. The molecule has 0 saturated heterocycles. The molecular weight excluding hydrogens is 404 g/mol. The highest BCUT2D eigenvalue weighted by atomic mass is 16.5. The van der Waals surface area contributed by atoms with E-state index in [1.165, 1.54) is 10.9 Å². The van der Waals surface area contributed by atoms with E-state index in [9.17, 15) is 9.59 Å². The number of ether oxygens (including phenoxy) is 1. The van der Waals surface area contributed by atoms with E-state index < -0.39 is 0 Å². The Hall–Kier alpha value is -3.54. The molecular formula is C26H24N2O4. The van der Waals surface area contributed by atoms with Crippen LogP contribution in [-0.4, -0.2) is 17.5 Å². The summed E-state index contributed by atoms with van der Waals surface area (Å²) in [6.07, 6.45) is 5.63. The molecule has 6 rings (SSSR count). The van der Waals surface area contributed by atoms with Crippen molar-refractivity contribution >= 4 is 27.8 Å². The molecule has 2 aromatic heterocycles. The SMILES string of the molecule is O=C(COc1ccc2c3c(c(=O)oc2c1)CCC3)N[C@@H]1CCCc2c1[nH]c1ccccc21. The number of amides is 1. The van der Waals surface area contributed by atoms with E-state index in [1.54, 1.807) is 6.07 Å². The quantitative estimate of drug-likeness (QED) is 0.474. The van der Waals surface area contributed by atoms with E-state index in [0.717, 1.165) is 66.2 Å². The molecule has 2 aromatic carbocycles. The van der Waals surface area contributed by atoms with Crippen molar-refractivity contribution < 1.29 is 13.9 Å². The Morgan fingerprint density at radius 2 is 1.88 bits per heavy atom. The summed E-state index contributed by atoms with van der Waals surface area (Å²) in [7, 11) is 0. The molecule has 6 nitrogen and oxygen atoms in total. The number of rotatable bonds is 4. The van der Waals surface area contributed by atoms with Gasteiger partial charge in [0.15, 0.2) is 6.61 Å². The van der Waals surface area contributed by atoms with Gasteiger partial charge in [-0.3, -0.25) is 4.79 Å². The maximum Gasteiger partial charge on any atom is 0.339 e. The van der Waals surface area contributed by atoms with Crippen LogP contribution in [0.4, 0.5) is 0 Å². The molecule has 1 atom stereocenters. The Morgan fingerprint density at radius 3 is 2.81 bits per heavy atom. The number of para-hydroxylation sites is 1. The van der Waals surface area contributed by atoms with Crippen LogP contribution >= 0.6 is 0 Å². The van der Waals surface area contributed by atoms with Crippen molar-refractivity contribution in [3.05, 3.63) is 75.3 Å². The molecule has 32 heavy (non-hydrogen) atoms. The first-order chi connectivity index (χ1) is 15.7. The first kappa shape index (κ1) is 19.2. The lowest BCUT2D eigenvalue weighted by Crippen LogP contribution is -2.34. The smallest absolute Gasteiger partial charge is 0.339 e. The highest BCUT2D eigenvalue weighted by Gasteiger charge is 2.25. The summed E-state index contributed by atoms with van der Waals surface area (Å²) in [5.74, 6) is 0.348. The van der Waals surface area contributed by atoms with Crippen molar-refractivity contribution in [2.24, 2.45) is 0 Å². The Labute approximate surface area is 184 Å². The zero-order chi connectivity index (χ0) is 21.7. The predicted molar refractivity (Wildman–Crippen MR) is 122 cm³/mol. The Balaban J connectivity index is 1.17. The minimum absolute atomic E-state index is 0.0422. The van der Waals surface area contributed by atoms with Crippen molar-refractivity contribution in [2.45, 2.75) is 44.6 Å². The molecule has 1 amide bonds. The molecule has 0 spiro atoms. The molecule has 2 aliphatic rings. The van der Waals surface area contributed by atoms with E-state index in [1.807, 2.05) is 24.3 Å². The fourth-order valence-electron chi connectivity index (χ4n) is 5.30. The number of aryl methyl sites for hydroxylation is 2. The summed E-state index contributed by atoms with van der Waals surface area (Å²) in [6, 6.07) is 13.7. The van der Waals surface area contributed by atoms with Gasteiger partial charge in [-0.05, 0) is 67.9 Å². The summed E-state index contributed by atoms with van der Waals surface area (Å²) in [4.78, 5) is 28.4. The maximum absolute atomic E-state index is 12.7. The van der Waals surface area contributed by atoms with Crippen LogP contribution in [-0.2, 0) is 24.1 Å². The number of benzene rings is 2. The van der Waals surface area contributed by atoms with Crippen molar-refractivity contribution in [1.29, 1.82) is 0 Å². The summed E-state index contributed by atoms with van der Waals surface area (Å²) in [5.41, 5.74) is 5.66. The average molecular weight is 428 g/mol. The number of aromatic amines is 1.